The van der Waals surface area contributed by atoms with Gasteiger partial charge >= 0.3 is 7.75 Å². The van der Waals surface area contributed by atoms with E-state index in [9.17, 15) is 19.9 Å². The highest BCUT2D eigenvalue weighted by molar-refractivity contribution is 7.50. The minimum atomic E-state index is -4.71. The van der Waals surface area contributed by atoms with E-state index in [-0.39, 0.29) is 23.1 Å². The Morgan fingerprint density at radius 3 is 2.58 bits per heavy atom. The Balaban J connectivity index is 2.38. The molecule has 8 heteroatoms. The molecule has 2 rings (SSSR count). The maximum Gasteiger partial charge on any atom is 0.448 e. The lowest BCUT2D eigenvalue weighted by molar-refractivity contribution is 0.122. The van der Waals surface area contributed by atoms with Crippen LogP contribution in [0, 0.1) is 5.92 Å². The van der Waals surface area contributed by atoms with Crippen LogP contribution in [-0.4, -0.2) is 36.9 Å². The fraction of sp³-hybridized carbons (Fsp3) is 0.312. The van der Waals surface area contributed by atoms with E-state index in [1.165, 1.54) is 24.3 Å². The third kappa shape index (κ3) is 4.55. The second-order valence-corrected chi connectivity index (χ2v) is 6.82. The predicted molar refractivity (Wildman–Crippen MR) is 90.0 cm³/mol. The van der Waals surface area contributed by atoms with E-state index < -0.39 is 19.8 Å². The number of phenolic OH excluding ortho intramolecular Hbond substituents is 1. The molecule has 1 aliphatic rings. The summed E-state index contributed by atoms with van der Waals surface area (Å²) in [5, 5.41) is 29.9. The molecule has 7 nitrogen and oxygen atoms in total. The molecule has 0 spiro atoms. The Kier molecular flexibility index (Phi) is 5.62. The van der Waals surface area contributed by atoms with E-state index in [1.54, 1.807) is 12.1 Å². The van der Waals surface area contributed by atoms with Crippen molar-refractivity contribution in [1.29, 1.82) is 0 Å². The third-order valence-electron chi connectivity index (χ3n) is 3.88. The van der Waals surface area contributed by atoms with Crippen molar-refractivity contribution in [1.82, 2.24) is 0 Å². The van der Waals surface area contributed by atoms with Crippen LogP contribution in [0.5, 0.6) is 5.75 Å². The van der Waals surface area contributed by atoms with Gasteiger partial charge < -0.3 is 25.1 Å². The summed E-state index contributed by atoms with van der Waals surface area (Å²) in [6.45, 7) is 1.86. The first kappa shape index (κ1) is 18.4. The zero-order valence-electron chi connectivity index (χ0n) is 13.0. The number of hydrogen-bond acceptors (Lipinski definition) is 4. The van der Waals surface area contributed by atoms with Gasteiger partial charge in [0.05, 0.1) is 11.8 Å². The van der Waals surface area contributed by atoms with Gasteiger partial charge in [-0.05, 0) is 30.2 Å². The van der Waals surface area contributed by atoms with Crippen LogP contribution in [0.2, 0.25) is 0 Å². The van der Waals surface area contributed by atoms with E-state index in [0.717, 1.165) is 6.08 Å². The van der Waals surface area contributed by atoms with Crippen LogP contribution < -0.4 is 0 Å². The fourth-order valence-corrected chi connectivity index (χ4v) is 3.30. The number of nitrogens with zero attached hydrogens (tertiary/aromatic N) is 1. The minimum Gasteiger partial charge on any atom is -0.508 e. The summed E-state index contributed by atoms with van der Waals surface area (Å²) < 4.78 is 14.5. The third-order valence-corrected chi connectivity index (χ3v) is 4.37. The molecule has 1 aliphatic carbocycles. The predicted octanol–water partition coefficient (Wildman–Crippen LogP) is 2.41. The molecule has 0 radical (unpaired) electrons. The zero-order chi connectivity index (χ0) is 17.9. The second-order valence-electron chi connectivity index (χ2n) is 5.59. The summed E-state index contributed by atoms with van der Waals surface area (Å²) in [6.07, 6.45) is 3.43. The van der Waals surface area contributed by atoms with E-state index in [4.69, 9.17) is 9.79 Å². The van der Waals surface area contributed by atoms with Gasteiger partial charge in [0.1, 0.15) is 11.5 Å². The largest absolute Gasteiger partial charge is 0.508 e. The molecule has 0 amide bonds. The molecule has 130 valence electrons. The van der Waals surface area contributed by atoms with Gasteiger partial charge in [0, 0.05) is 17.9 Å². The van der Waals surface area contributed by atoms with E-state index in [2.05, 4.69) is 4.76 Å². The Hall–Kier alpha value is -1.92. The summed E-state index contributed by atoms with van der Waals surface area (Å²) in [5.41, 5.74) is 0.613. The Labute approximate surface area is 139 Å². The first-order valence-electron chi connectivity index (χ1n) is 7.43. The van der Waals surface area contributed by atoms with E-state index in [0.29, 0.717) is 12.0 Å². The quantitative estimate of drug-likeness (QED) is 0.517. The summed E-state index contributed by atoms with van der Waals surface area (Å²) in [4.78, 5) is 18.2. The molecule has 5 N–H and O–H groups in total. The highest BCUT2D eigenvalue weighted by Gasteiger charge is 2.32. The summed E-state index contributed by atoms with van der Waals surface area (Å²) in [5.74, 6) is -1.31. The Bertz CT molecular complexity index is 736. The zero-order valence-corrected chi connectivity index (χ0v) is 13.9. The van der Waals surface area contributed by atoms with Crippen molar-refractivity contribution in [2.24, 2.45) is 10.7 Å². The van der Waals surface area contributed by atoms with Gasteiger partial charge in [-0.15, -0.1) is 0 Å². The first-order chi connectivity index (χ1) is 11.2. The van der Waals surface area contributed by atoms with Crippen LogP contribution in [0.3, 0.4) is 0 Å². The van der Waals surface area contributed by atoms with Crippen molar-refractivity contribution in [2.75, 3.05) is 0 Å². The van der Waals surface area contributed by atoms with Gasteiger partial charge in [0.15, 0.2) is 0 Å². The van der Waals surface area contributed by atoms with Crippen LogP contribution in [0.15, 0.2) is 53.0 Å². The summed E-state index contributed by atoms with van der Waals surface area (Å²) in [6, 6.07) is 6.48. The molecule has 3 atom stereocenters. The minimum absolute atomic E-state index is 0.0685. The van der Waals surface area contributed by atoms with Crippen LogP contribution in [-0.2, 0) is 4.57 Å². The number of allylic oxidation sites excluding steroid dienone is 2. The topological polar surface area (TPSA) is 131 Å². The molecular weight excluding hydrogens is 333 g/mol. The van der Waals surface area contributed by atoms with Gasteiger partial charge in [-0.1, -0.05) is 25.1 Å². The highest BCUT2D eigenvalue weighted by atomic mass is 31.2. The van der Waals surface area contributed by atoms with Gasteiger partial charge in [-0.2, -0.15) is 4.76 Å². The molecule has 0 aromatic heterocycles. The summed E-state index contributed by atoms with van der Waals surface area (Å²) >= 11 is 0. The molecule has 0 saturated carbocycles. The van der Waals surface area contributed by atoms with E-state index in [1.807, 2.05) is 6.92 Å². The molecule has 1 aromatic carbocycles. The number of hydrogen-bond donors (Lipinski definition) is 5. The SMILES string of the molecule is CCC(c1cccc(O)c1)C(O)C1C=CC(O)=CC1=NP(=O)(O)O. The smallest absolute Gasteiger partial charge is 0.448 e. The van der Waals surface area contributed by atoms with E-state index >= 15 is 0 Å². The standard InChI is InChI=1S/C16H20NO6P/c1-2-13(10-4-3-5-11(18)8-10)16(20)14-7-6-12(19)9-15(14)17-24(21,22)23/h3-9,13-14,16,18-20H,2H2,1H3,(H2,21,22,23). The monoisotopic (exact) mass is 353 g/mol. The number of phenols is 1. The number of benzene rings is 1. The molecular formula is C16H20NO6P. The van der Waals surface area contributed by atoms with Crippen molar-refractivity contribution in [2.45, 2.75) is 25.4 Å². The normalized spacial score (nSPS) is 22.2. The maximum absolute atomic E-state index is 11.2. The van der Waals surface area contributed by atoms with Gasteiger partial charge in [-0.3, -0.25) is 0 Å². The maximum atomic E-state index is 11.2. The van der Waals surface area contributed by atoms with Gasteiger partial charge in [0.25, 0.3) is 0 Å². The van der Waals surface area contributed by atoms with Gasteiger partial charge in [-0.25, -0.2) is 4.57 Å². The van der Waals surface area contributed by atoms with Crippen molar-refractivity contribution in [3.05, 3.63) is 53.8 Å². The lowest BCUT2D eigenvalue weighted by Crippen LogP contribution is -2.32. The molecule has 3 unspecified atom stereocenters. The molecule has 0 saturated heterocycles. The Morgan fingerprint density at radius 2 is 2.00 bits per heavy atom. The van der Waals surface area contributed by atoms with Crippen molar-refractivity contribution >= 4 is 13.5 Å². The molecule has 24 heavy (non-hydrogen) atoms. The van der Waals surface area contributed by atoms with Crippen molar-refractivity contribution < 1.29 is 29.7 Å². The number of aromatic hydroxyl groups is 1. The first-order valence-corrected chi connectivity index (χ1v) is 8.99. The summed E-state index contributed by atoms with van der Waals surface area (Å²) in [7, 11) is -4.71. The van der Waals surface area contributed by atoms with Crippen LogP contribution in [0.25, 0.3) is 0 Å². The molecule has 1 aromatic rings. The number of aliphatic hydroxyl groups is 2. The average Bonchev–Trinajstić information content (AvgIpc) is 2.46. The van der Waals surface area contributed by atoms with Crippen LogP contribution in [0.4, 0.5) is 0 Å². The van der Waals surface area contributed by atoms with Crippen molar-refractivity contribution in [3.63, 3.8) is 0 Å². The van der Waals surface area contributed by atoms with Crippen LogP contribution >= 0.6 is 7.75 Å². The lowest BCUT2D eigenvalue weighted by atomic mass is 9.80. The van der Waals surface area contributed by atoms with Crippen molar-refractivity contribution in [3.8, 4) is 5.75 Å². The molecule has 0 fully saturated rings. The molecule has 0 bridgehead atoms. The fourth-order valence-electron chi connectivity index (χ4n) is 2.81. The highest BCUT2D eigenvalue weighted by Crippen LogP contribution is 2.40. The average molecular weight is 353 g/mol. The Morgan fingerprint density at radius 1 is 1.29 bits per heavy atom. The van der Waals surface area contributed by atoms with Crippen LogP contribution in [0.1, 0.15) is 24.8 Å². The van der Waals surface area contributed by atoms with Gasteiger partial charge in [0.2, 0.25) is 0 Å². The number of aliphatic hydroxyl groups excluding tert-OH is 2. The second kappa shape index (κ2) is 7.32. The lowest BCUT2D eigenvalue weighted by Gasteiger charge is -2.29. The number of rotatable bonds is 5. The molecule has 0 aliphatic heterocycles. The molecule has 0 heterocycles.